The molecule has 0 bridgehead atoms. The molecule has 1 fully saturated rings. The monoisotopic (exact) mass is 404 g/mol. The number of benzene rings is 1. The molecule has 27 heavy (non-hydrogen) atoms. The lowest BCUT2D eigenvalue weighted by Crippen LogP contribution is -2.43. The van der Waals surface area contributed by atoms with Gasteiger partial charge in [0.15, 0.2) is 4.34 Å². The van der Waals surface area contributed by atoms with Crippen molar-refractivity contribution >= 4 is 39.8 Å². The molecule has 1 aromatic heterocycles. The number of hydrogen-bond donors (Lipinski definition) is 1. The van der Waals surface area contributed by atoms with Crippen molar-refractivity contribution in [1.29, 1.82) is 0 Å². The largest absolute Gasteiger partial charge is 0.341 e. The van der Waals surface area contributed by atoms with Crippen LogP contribution in [0.25, 0.3) is 0 Å². The van der Waals surface area contributed by atoms with Gasteiger partial charge in [-0.05, 0) is 41.9 Å². The summed E-state index contributed by atoms with van der Waals surface area (Å²) >= 11 is 2.96. The predicted octanol–water partition coefficient (Wildman–Crippen LogP) is 5.00. The molecule has 1 N–H and O–H groups in total. The number of rotatable bonds is 6. The van der Waals surface area contributed by atoms with Gasteiger partial charge in [0.05, 0.1) is 5.75 Å². The van der Waals surface area contributed by atoms with Crippen LogP contribution >= 0.6 is 23.1 Å². The van der Waals surface area contributed by atoms with Gasteiger partial charge in [-0.15, -0.1) is 10.2 Å². The molecule has 7 heteroatoms. The van der Waals surface area contributed by atoms with Crippen LogP contribution in [0.1, 0.15) is 45.6 Å². The Morgan fingerprint density at radius 3 is 2.52 bits per heavy atom. The third-order valence-electron chi connectivity index (χ3n) is 4.78. The molecule has 0 spiro atoms. The van der Waals surface area contributed by atoms with Crippen molar-refractivity contribution in [1.82, 2.24) is 15.1 Å². The average Bonchev–Trinajstić information content (AvgIpc) is 3.06. The van der Waals surface area contributed by atoms with Crippen LogP contribution in [0.4, 0.5) is 10.8 Å². The lowest BCUT2D eigenvalue weighted by molar-refractivity contribution is -0.130. The number of anilines is 2. The fraction of sp³-hybridized carbons (Fsp3) is 0.550. The fourth-order valence-corrected chi connectivity index (χ4v) is 5.15. The van der Waals surface area contributed by atoms with Gasteiger partial charge in [-0.3, -0.25) is 4.79 Å². The van der Waals surface area contributed by atoms with Crippen LogP contribution in [0.15, 0.2) is 28.6 Å². The van der Waals surface area contributed by atoms with Gasteiger partial charge in [-0.2, -0.15) is 0 Å². The zero-order valence-corrected chi connectivity index (χ0v) is 18.1. The van der Waals surface area contributed by atoms with Crippen molar-refractivity contribution in [3.05, 3.63) is 29.8 Å². The molecular formula is C20H28N4OS2. The first-order valence-corrected chi connectivity index (χ1v) is 11.3. The first-order valence-electron chi connectivity index (χ1n) is 9.51. The molecule has 0 saturated carbocycles. The highest BCUT2D eigenvalue weighted by Gasteiger charge is 2.25. The second kappa shape index (κ2) is 9.06. The van der Waals surface area contributed by atoms with Gasteiger partial charge in [-0.25, -0.2) is 0 Å². The number of nitrogens with zero attached hydrogens (tertiary/aromatic N) is 3. The minimum Gasteiger partial charge on any atom is -0.341 e. The summed E-state index contributed by atoms with van der Waals surface area (Å²) in [5.74, 6) is 2.32. The molecule has 2 atom stereocenters. The number of carbonyl (C=O) groups excluding carboxylic acids is 1. The molecular weight excluding hydrogens is 376 g/mol. The quantitative estimate of drug-likeness (QED) is 0.687. The minimum absolute atomic E-state index is 0.201. The molecule has 3 rings (SSSR count). The van der Waals surface area contributed by atoms with Crippen molar-refractivity contribution in [2.24, 2.45) is 11.8 Å². The van der Waals surface area contributed by atoms with Gasteiger partial charge in [-0.1, -0.05) is 62.9 Å². The maximum absolute atomic E-state index is 12.5. The number of piperidine rings is 1. The SMILES string of the molecule is CC(C)c1ccc(Nc2nnc(SCC(=O)N3C[C@H](C)C[C@H](C)C3)s2)cc1. The Morgan fingerprint density at radius 2 is 1.89 bits per heavy atom. The van der Waals surface area contributed by atoms with E-state index in [9.17, 15) is 4.79 Å². The van der Waals surface area contributed by atoms with E-state index in [0.717, 1.165) is 28.2 Å². The van der Waals surface area contributed by atoms with Crippen LogP contribution in [-0.2, 0) is 4.79 Å². The molecule has 5 nitrogen and oxygen atoms in total. The lowest BCUT2D eigenvalue weighted by atomic mass is 9.92. The molecule has 1 aromatic carbocycles. The zero-order valence-electron chi connectivity index (χ0n) is 16.4. The van der Waals surface area contributed by atoms with Crippen molar-refractivity contribution in [2.75, 3.05) is 24.2 Å². The third kappa shape index (κ3) is 5.69. The second-order valence-electron chi connectivity index (χ2n) is 7.81. The standard InChI is InChI=1S/C20H28N4OS2/c1-13(2)16-5-7-17(8-6-16)21-19-22-23-20(27-19)26-12-18(25)24-10-14(3)9-15(4)11-24/h5-8,13-15H,9-12H2,1-4H3,(H,21,22)/t14-,15+. The van der Waals surface area contributed by atoms with Crippen LogP contribution in [0.5, 0.6) is 0 Å². The molecule has 2 heterocycles. The number of nitrogens with one attached hydrogen (secondary N) is 1. The smallest absolute Gasteiger partial charge is 0.233 e. The number of thioether (sulfide) groups is 1. The summed E-state index contributed by atoms with van der Waals surface area (Å²) in [7, 11) is 0. The molecule has 1 aliphatic heterocycles. The average molecular weight is 405 g/mol. The Kier molecular flexibility index (Phi) is 6.76. The van der Waals surface area contributed by atoms with Crippen molar-refractivity contribution in [3.63, 3.8) is 0 Å². The van der Waals surface area contributed by atoms with Crippen LogP contribution in [-0.4, -0.2) is 39.8 Å². The molecule has 146 valence electrons. The predicted molar refractivity (Wildman–Crippen MR) is 114 cm³/mol. The Bertz CT molecular complexity index is 750. The van der Waals surface area contributed by atoms with Gasteiger partial charge in [0.2, 0.25) is 11.0 Å². The van der Waals surface area contributed by atoms with Gasteiger partial charge < -0.3 is 10.2 Å². The summed E-state index contributed by atoms with van der Waals surface area (Å²) in [4.78, 5) is 14.5. The summed E-state index contributed by atoms with van der Waals surface area (Å²) in [5, 5.41) is 12.4. The molecule has 0 unspecified atom stereocenters. The molecule has 0 aliphatic carbocycles. The highest BCUT2D eigenvalue weighted by molar-refractivity contribution is 8.01. The van der Waals surface area contributed by atoms with Crippen LogP contribution in [0.3, 0.4) is 0 Å². The van der Waals surface area contributed by atoms with Gasteiger partial charge in [0, 0.05) is 18.8 Å². The van der Waals surface area contributed by atoms with E-state index in [4.69, 9.17) is 0 Å². The van der Waals surface area contributed by atoms with E-state index in [1.807, 2.05) is 4.90 Å². The maximum atomic E-state index is 12.5. The minimum atomic E-state index is 0.201. The highest BCUT2D eigenvalue weighted by atomic mass is 32.2. The molecule has 2 aromatic rings. The fourth-order valence-electron chi connectivity index (χ4n) is 3.47. The number of aromatic nitrogens is 2. The van der Waals surface area contributed by atoms with Crippen molar-refractivity contribution in [3.8, 4) is 0 Å². The Morgan fingerprint density at radius 1 is 1.22 bits per heavy atom. The topological polar surface area (TPSA) is 58.1 Å². The second-order valence-corrected chi connectivity index (χ2v) is 10.0. The molecule has 1 amide bonds. The van der Waals surface area contributed by atoms with Crippen LogP contribution in [0.2, 0.25) is 0 Å². The third-order valence-corrected chi connectivity index (χ3v) is 6.73. The highest BCUT2D eigenvalue weighted by Crippen LogP contribution is 2.29. The molecule has 1 saturated heterocycles. The van der Waals surface area contributed by atoms with E-state index in [1.54, 1.807) is 0 Å². The van der Waals surface area contributed by atoms with Gasteiger partial charge >= 0.3 is 0 Å². The van der Waals surface area contributed by atoms with Crippen LogP contribution in [0, 0.1) is 11.8 Å². The van der Waals surface area contributed by atoms with E-state index >= 15 is 0 Å². The van der Waals surface area contributed by atoms with E-state index < -0.39 is 0 Å². The number of hydrogen-bond acceptors (Lipinski definition) is 6. The summed E-state index contributed by atoms with van der Waals surface area (Å²) < 4.78 is 0.822. The summed E-state index contributed by atoms with van der Waals surface area (Å²) in [5.41, 5.74) is 2.31. The van der Waals surface area contributed by atoms with Crippen LogP contribution < -0.4 is 5.32 Å². The lowest BCUT2D eigenvalue weighted by Gasteiger charge is -2.34. The number of likely N-dealkylation sites (tertiary alicyclic amines) is 1. The van der Waals surface area contributed by atoms with E-state index in [-0.39, 0.29) is 5.91 Å². The van der Waals surface area contributed by atoms with Crippen molar-refractivity contribution in [2.45, 2.75) is 44.4 Å². The van der Waals surface area contributed by atoms with E-state index in [2.05, 4.69) is 67.5 Å². The number of carbonyl (C=O) groups is 1. The Balaban J connectivity index is 1.51. The summed E-state index contributed by atoms with van der Waals surface area (Å²) in [6.45, 7) is 10.6. The first-order chi connectivity index (χ1) is 12.9. The molecule has 1 aliphatic rings. The van der Waals surface area contributed by atoms with Gasteiger partial charge in [0.1, 0.15) is 0 Å². The molecule has 0 radical (unpaired) electrons. The Hall–Kier alpha value is -1.60. The van der Waals surface area contributed by atoms with E-state index in [0.29, 0.717) is 23.5 Å². The maximum Gasteiger partial charge on any atom is 0.233 e. The Labute approximate surface area is 170 Å². The van der Waals surface area contributed by atoms with E-state index in [1.165, 1.54) is 35.1 Å². The summed E-state index contributed by atoms with van der Waals surface area (Å²) in [6, 6.07) is 8.38. The van der Waals surface area contributed by atoms with Crippen molar-refractivity contribution < 1.29 is 4.79 Å². The van der Waals surface area contributed by atoms with Gasteiger partial charge in [0.25, 0.3) is 0 Å². The zero-order chi connectivity index (χ0) is 19.4. The number of amides is 1. The summed E-state index contributed by atoms with van der Waals surface area (Å²) in [6.07, 6.45) is 1.21. The first kappa shape index (κ1) is 20.1. The normalized spacial score (nSPS) is 20.1.